The van der Waals surface area contributed by atoms with E-state index in [1.165, 1.54) is 0 Å². The van der Waals surface area contributed by atoms with Gasteiger partial charge in [0.1, 0.15) is 0 Å². The van der Waals surface area contributed by atoms with E-state index in [-0.39, 0.29) is 24.6 Å². The largest absolute Gasteiger partial charge is 0.329 e. The molecule has 0 spiro atoms. The molecule has 2 aromatic carbocycles. The molecular weight excluding hydrogens is 360 g/mol. The highest BCUT2D eigenvalue weighted by Gasteiger charge is 2.12. The van der Waals surface area contributed by atoms with Crippen molar-refractivity contribution in [3.8, 4) is 0 Å². The minimum Gasteiger partial charge on any atom is -0.329 e. The molecule has 0 saturated carbocycles. The summed E-state index contributed by atoms with van der Waals surface area (Å²) in [4.78, 5) is 0.694. The zero-order valence-corrected chi connectivity index (χ0v) is 15.8. The number of hydrogen-bond acceptors (Lipinski definition) is 6. The van der Waals surface area contributed by atoms with Gasteiger partial charge >= 0.3 is 0 Å². The molecule has 4 N–H and O–H groups in total. The molecule has 0 radical (unpaired) electrons. The maximum Gasteiger partial charge on any atom is 0.179 e. The number of nitrogens with two attached hydrogens (primary N) is 2. The number of sulfone groups is 2. The molecule has 0 amide bonds. The lowest BCUT2D eigenvalue weighted by Crippen LogP contribution is -2.15. The van der Waals surface area contributed by atoms with Crippen LogP contribution in [0.2, 0.25) is 0 Å². The lowest BCUT2D eigenvalue weighted by molar-refractivity contribution is 0.594. The fraction of sp³-hybridized carbons (Fsp3) is 0.294. The lowest BCUT2D eigenvalue weighted by Gasteiger charge is -2.02. The monoisotopic (exact) mass is 384 g/mol. The van der Waals surface area contributed by atoms with E-state index in [4.69, 9.17) is 11.5 Å². The van der Waals surface area contributed by atoms with Crippen molar-refractivity contribution in [2.75, 3.05) is 24.6 Å². The molecule has 2 aromatic rings. The summed E-state index contributed by atoms with van der Waals surface area (Å²) in [5, 5.41) is 0. The third-order valence-corrected chi connectivity index (χ3v) is 6.78. The molecule has 0 aliphatic rings. The molecule has 0 saturated heterocycles. The highest BCUT2D eigenvalue weighted by Crippen LogP contribution is 2.11. The van der Waals surface area contributed by atoms with Gasteiger partial charge in [-0.05, 0) is 31.2 Å². The van der Waals surface area contributed by atoms with Crippen molar-refractivity contribution in [3.05, 3.63) is 60.2 Å². The van der Waals surface area contributed by atoms with Crippen LogP contribution in [0, 0.1) is 6.92 Å². The zero-order chi connectivity index (χ0) is 18.9. The molecule has 0 atom stereocenters. The highest BCUT2D eigenvalue weighted by atomic mass is 32.2. The molecule has 0 heterocycles. The molecular formula is C17H24N2O4S2. The van der Waals surface area contributed by atoms with Crippen molar-refractivity contribution in [2.45, 2.75) is 16.7 Å². The molecule has 0 fully saturated rings. The summed E-state index contributed by atoms with van der Waals surface area (Å²) in [7, 11) is -6.29. The predicted molar refractivity (Wildman–Crippen MR) is 99.8 cm³/mol. The summed E-state index contributed by atoms with van der Waals surface area (Å²) in [5.74, 6) is 0.0209. The van der Waals surface area contributed by atoms with Crippen molar-refractivity contribution >= 4 is 19.7 Å². The fourth-order valence-electron chi connectivity index (χ4n) is 1.92. The quantitative estimate of drug-likeness (QED) is 0.771. The average molecular weight is 385 g/mol. The van der Waals surface area contributed by atoms with Gasteiger partial charge in [0, 0.05) is 13.1 Å². The molecule has 138 valence electrons. The van der Waals surface area contributed by atoms with Crippen LogP contribution < -0.4 is 11.5 Å². The minimum atomic E-state index is -3.15. The molecule has 2 rings (SSSR count). The van der Waals surface area contributed by atoms with Crippen LogP contribution >= 0.6 is 0 Å². The normalized spacial score (nSPS) is 11.5. The maximum absolute atomic E-state index is 11.5. The van der Waals surface area contributed by atoms with E-state index in [2.05, 4.69) is 0 Å². The molecule has 0 unspecified atom stereocenters. The van der Waals surface area contributed by atoms with E-state index in [1.54, 1.807) is 54.6 Å². The Kier molecular flexibility index (Phi) is 8.24. The summed E-state index contributed by atoms with van der Waals surface area (Å²) in [6.07, 6.45) is 0. The van der Waals surface area contributed by atoms with Crippen molar-refractivity contribution in [2.24, 2.45) is 11.5 Å². The third kappa shape index (κ3) is 6.95. The molecule has 0 aliphatic carbocycles. The van der Waals surface area contributed by atoms with E-state index in [9.17, 15) is 16.8 Å². The molecule has 0 bridgehead atoms. The van der Waals surface area contributed by atoms with Gasteiger partial charge in [-0.1, -0.05) is 35.9 Å². The average Bonchev–Trinajstić information content (AvgIpc) is 2.56. The Bertz CT molecular complexity index is 847. The van der Waals surface area contributed by atoms with Crippen LogP contribution in [0.3, 0.4) is 0 Å². The number of hydrogen-bond donors (Lipinski definition) is 2. The van der Waals surface area contributed by atoms with Crippen LogP contribution in [0.15, 0.2) is 64.4 Å². The van der Waals surface area contributed by atoms with Crippen LogP contribution in [-0.2, 0) is 19.7 Å². The third-order valence-electron chi connectivity index (χ3n) is 3.26. The van der Waals surface area contributed by atoms with Gasteiger partial charge in [0.05, 0.1) is 21.3 Å². The van der Waals surface area contributed by atoms with Crippen LogP contribution in [0.1, 0.15) is 5.56 Å². The summed E-state index contributed by atoms with van der Waals surface area (Å²) < 4.78 is 45.6. The second-order valence-corrected chi connectivity index (χ2v) is 9.56. The van der Waals surface area contributed by atoms with Gasteiger partial charge in [-0.15, -0.1) is 0 Å². The van der Waals surface area contributed by atoms with Gasteiger partial charge < -0.3 is 11.5 Å². The number of rotatable bonds is 6. The lowest BCUT2D eigenvalue weighted by atomic mass is 10.2. The van der Waals surface area contributed by atoms with Crippen molar-refractivity contribution < 1.29 is 16.8 Å². The van der Waals surface area contributed by atoms with E-state index < -0.39 is 19.7 Å². The first-order valence-corrected chi connectivity index (χ1v) is 11.0. The standard InChI is InChI=1S/C9H13NO2S.C8H11NO2S/c1-8-2-4-9(5-3-8)13(11,12)7-6-10;9-6-7-12(10,11)8-4-2-1-3-5-8/h2-5H,6-7,10H2,1H3;1-5H,6-7,9H2. The zero-order valence-electron chi connectivity index (χ0n) is 14.1. The Hall–Kier alpha value is -1.74. The topological polar surface area (TPSA) is 120 Å². The summed E-state index contributed by atoms with van der Waals surface area (Å²) in [6.45, 7) is 2.24. The molecule has 0 aromatic heterocycles. The first-order chi connectivity index (χ1) is 11.7. The SMILES string of the molecule is Cc1ccc(S(=O)(=O)CCN)cc1.NCCS(=O)(=O)c1ccccc1. The van der Waals surface area contributed by atoms with Crippen molar-refractivity contribution in [1.29, 1.82) is 0 Å². The summed E-state index contributed by atoms with van der Waals surface area (Å²) in [6, 6.07) is 15.1. The van der Waals surface area contributed by atoms with Crippen molar-refractivity contribution in [3.63, 3.8) is 0 Å². The van der Waals surface area contributed by atoms with Crippen LogP contribution in [0.5, 0.6) is 0 Å². The van der Waals surface area contributed by atoms with Crippen LogP contribution in [0.25, 0.3) is 0 Å². The van der Waals surface area contributed by atoms with Gasteiger partial charge in [-0.3, -0.25) is 0 Å². The molecule has 0 aliphatic heterocycles. The van der Waals surface area contributed by atoms with Gasteiger partial charge in [-0.25, -0.2) is 16.8 Å². The predicted octanol–water partition coefficient (Wildman–Crippen LogP) is 1.15. The number of benzene rings is 2. The van der Waals surface area contributed by atoms with E-state index in [0.717, 1.165) is 5.56 Å². The van der Waals surface area contributed by atoms with E-state index >= 15 is 0 Å². The Morgan fingerprint density at radius 2 is 1.08 bits per heavy atom. The van der Waals surface area contributed by atoms with Crippen LogP contribution in [-0.4, -0.2) is 41.4 Å². The molecule has 25 heavy (non-hydrogen) atoms. The Morgan fingerprint density at radius 1 is 0.680 bits per heavy atom. The first kappa shape index (κ1) is 21.3. The van der Waals surface area contributed by atoms with Gasteiger partial charge in [0.2, 0.25) is 0 Å². The molecule has 6 nitrogen and oxygen atoms in total. The van der Waals surface area contributed by atoms with Crippen LogP contribution in [0.4, 0.5) is 0 Å². The van der Waals surface area contributed by atoms with Gasteiger partial charge in [-0.2, -0.15) is 0 Å². The number of aryl methyl sites for hydroxylation is 1. The van der Waals surface area contributed by atoms with E-state index in [0.29, 0.717) is 9.79 Å². The second-order valence-electron chi connectivity index (χ2n) is 5.34. The maximum atomic E-state index is 11.5. The van der Waals surface area contributed by atoms with Gasteiger partial charge in [0.15, 0.2) is 19.7 Å². The minimum absolute atomic E-state index is 0.00998. The highest BCUT2D eigenvalue weighted by molar-refractivity contribution is 7.91. The molecule has 8 heteroatoms. The Balaban J connectivity index is 0.000000251. The van der Waals surface area contributed by atoms with E-state index in [1.807, 2.05) is 6.92 Å². The fourth-order valence-corrected chi connectivity index (χ4v) is 4.13. The second kappa shape index (κ2) is 9.67. The Labute approximate surface area is 149 Å². The van der Waals surface area contributed by atoms with Gasteiger partial charge in [0.25, 0.3) is 0 Å². The van der Waals surface area contributed by atoms with Crippen molar-refractivity contribution in [1.82, 2.24) is 0 Å². The summed E-state index contributed by atoms with van der Waals surface area (Å²) in [5.41, 5.74) is 11.4. The first-order valence-electron chi connectivity index (χ1n) is 7.70. The Morgan fingerprint density at radius 3 is 1.48 bits per heavy atom. The smallest absolute Gasteiger partial charge is 0.179 e. The summed E-state index contributed by atoms with van der Waals surface area (Å²) >= 11 is 0.